The molecule has 0 rings (SSSR count). The zero-order chi connectivity index (χ0) is 10.1. The molecule has 0 amide bonds. The van der Waals surface area contributed by atoms with E-state index in [0.717, 1.165) is 12.3 Å². The molecule has 0 N–H and O–H groups in total. The predicted octanol–water partition coefficient (Wildman–Crippen LogP) is 4.49. The highest BCUT2D eigenvalue weighted by Gasteiger charge is 1.99. The van der Waals surface area contributed by atoms with Gasteiger partial charge in [-0.3, -0.25) is 0 Å². The number of hydrogen-bond acceptors (Lipinski definition) is 0. The summed E-state index contributed by atoms with van der Waals surface area (Å²) in [7, 11) is 0. The Morgan fingerprint density at radius 1 is 1.38 bits per heavy atom. The highest BCUT2D eigenvalue weighted by atomic mass is 14.0. The van der Waals surface area contributed by atoms with Gasteiger partial charge in [-0.1, -0.05) is 33.3 Å². The molecule has 0 aliphatic rings. The molecule has 0 aromatic rings. The minimum Gasteiger partial charge on any atom is -0.125 e. The molecule has 0 aliphatic carbocycles. The van der Waals surface area contributed by atoms with Gasteiger partial charge in [-0.25, -0.2) is 0 Å². The van der Waals surface area contributed by atoms with Crippen LogP contribution in [0.15, 0.2) is 29.5 Å². The SMILES string of the molecule is C/C=C(/C=C=CCC)CC(C)CC. The van der Waals surface area contributed by atoms with Crippen LogP contribution in [0.2, 0.25) is 0 Å². The zero-order valence-corrected chi connectivity index (χ0v) is 9.43. The van der Waals surface area contributed by atoms with Gasteiger partial charge in [0.05, 0.1) is 0 Å². The van der Waals surface area contributed by atoms with Gasteiger partial charge in [0.1, 0.15) is 0 Å². The van der Waals surface area contributed by atoms with Gasteiger partial charge in [0.15, 0.2) is 0 Å². The van der Waals surface area contributed by atoms with E-state index in [0.29, 0.717) is 0 Å². The van der Waals surface area contributed by atoms with Gasteiger partial charge in [-0.15, -0.1) is 5.73 Å². The maximum Gasteiger partial charge on any atom is -0.0174 e. The topological polar surface area (TPSA) is 0 Å². The fourth-order valence-corrected chi connectivity index (χ4v) is 1.09. The first-order valence-electron chi connectivity index (χ1n) is 5.30. The van der Waals surface area contributed by atoms with Crippen LogP contribution in [0.3, 0.4) is 0 Å². The van der Waals surface area contributed by atoms with Crippen LogP contribution in [0.25, 0.3) is 0 Å². The molecule has 0 aromatic carbocycles. The Morgan fingerprint density at radius 3 is 2.54 bits per heavy atom. The second-order valence-electron chi connectivity index (χ2n) is 3.50. The van der Waals surface area contributed by atoms with Crippen molar-refractivity contribution in [1.29, 1.82) is 0 Å². The van der Waals surface area contributed by atoms with E-state index < -0.39 is 0 Å². The largest absolute Gasteiger partial charge is 0.125 e. The van der Waals surface area contributed by atoms with Crippen molar-refractivity contribution in [1.82, 2.24) is 0 Å². The monoisotopic (exact) mass is 178 g/mol. The van der Waals surface area contributed by atoms with Crippen molar-refractivity contribution in [3.63, 3.8) is 0 Å². The van der Waals surface area contributed by atoms with Crippen molar-refractivity contribution >= 4 is 0 Å². The lowest BCUT2D eigenvalue weighted by atomic mass is 9.99. The molecule has 13 heavy (non-hydrogen) atoms. The molecule has 0 spiro atoms. The molecule has 0 saturated carbocycles. The molecule has 0 heterocycles. The first-order chi connectivity index (χ1) is 6.24. The minimum absolute atomic E-state index is 0.783. The Bertz CT molecular complexity index is 202. The van der Waals surface area contributed by atoms with Gasteiger partial charge in [0.2, 0.25) is 0 Å². The molecular weight excluding hydrogens is 156 g/mol. The van der Waals surface area contributed by atoms with E-state index in [-0.39, 0.29) is 0 Å². The maximum absolute atomic E-state index is 3.20. The molecule has 74 valence electrons. The molecule has 0 saturated heterocycles. The Balaban J connectivity index is 4.13. The summed E-state index contributed by atoms with van der Waals surface area (Å²) < 4.78 is 0. The molecule has 0 radical (unpaired) electrons. The Morgan fingerprint density at radius 2 is 2.08 bits per heavy atom. The van der Waals surface area contributed by atoms with Crippen molar-refractivity contribution in [2.75, 3.05) is 0 Å². The summed E-state index contributed by atoms with van der Waals surface area (Å²) in [4.78, 5) is 0. The Kier molecular flexibility index (Phi) is 7.44. The fourth-order valence-electron chi connectivity index (χ4n) is 1.09. The van der Waals surface area contributed by atoms with Crippen molar-refractivity contribution in [2.45, 2.75) is 47.0 Å². The van der Waals surface area contributed by atoms with Gasteiger partial charge in [-0.2, -0.15) is 0 Å². The highest BCUT2D eigenvalue weighted by molar-refractivity contribution is 5.17. The zero-order valence-electron chi connectivity index (χ0n) is 9.43. The molecule has 0 aliphatic heterocycles. The van der Waals surface area contributed by atoms with E-state index >= 15 is 0 Å². The van der Waals surface area contributed by atoms with Crippen LogP contribution in [-0.2, 0) is 0 Å². The summed E-state index contributed by atoms with van der Waals surface area (Å²) >= 11 is 0. The van der Waals surface area contributed by atoms with Crippen LogP contribution < -0.4 is 0 Å². The molecule has 0 nitrogen and oxygen atoms in total. The van der Waals surface area contributed by atoms with Gasteiger partial charge >= 0.3 is 0 Å². The minimum atomic E-state index is 0.783. The van der Waals surface area contributed by atoms with Crippen molar-refractivity contribution in [2.24, 2.45) is 5.92 Å². The summed E-state index contributed by atoms with van der Waals surface area (Å²) in [6.45, 7) is 8.76. The van der Waals surface area contributed by atoms with Crippen LogP contribution in [0.4, 0.5) is 0 Å². The van der Waals surface area contributed by atoms with Crippen LogP contribution in [-0.4, -0.2) is 0 Å². The van der Waals surface area contributed by atoms with Gasteiger partial charge in [-0.05, 0) is 43.4 Å². The Hall–Kier alpha value is -0.740. The van der Waals surface area contributed by atoms with Gasteiger partial charge < -0.3 is 0 Å². The summed E-state index contributed by atoms with van der Waals surface area (Å²) in [6.07, 6.45) is 9.86. The van der Waals surface area contributed by atoms with E-state index in [9.17, 15) is 0 Å². The summed E-state index contributed by atoms with van der Waals surface area (Å²) in [5.74, 6) is 0.783. The van der Waals surface area contributed by atoms with Crippen molar-refractivity contribution < 1.29 is 0 Å². The predicted molar refractivity (Wildman–Crippen MR) is 60.8 cm³/mol. The first-order valence-corrected chi connectivity index (χ1v) is 5.30. The Labute approximate surface area is 83.0 Å². The van der Waals surface area contributed by atoms with Crippen LogP contribution >= 0.6 is 0 Å². The van der Waals surface area contributed by atoms with E-state index in [4.69, 9.17) is 0 Å². The summed E-state index contributed by atoms with van der Waals surface area (Å²) in [5, 5.41) is 0. The third-order valence-corrected chi connectivity index (χ3v) is 2.24. The first kappa shape index (κ1) is 12.3. The smallest absolute Gasteiger partial charge is 0.0174 e. The third kappa shape index (κ3) is 6.42. The molecular formula is C13H22. The summed E-state index contributed by atoms with van der Waals surface area (Å²) in [5.41, 5.74) is 4.60. The lowest BCUT2D eigenvalue weighted by Crippen LogP contribution is -1.92. The second-order valence-corrected chi connectivity index (χ2v) is 3.50. The van der Waals surface area contributed by atoms with Crippen molar-refractivity contribution in [3.05, 3.63) is 29.5 Å². The van der Waals surface area contributed by atoms with Gasteiger partial charge in [0, 0.05) is 0 Å². The number of hydrogen-bond donors (Lipinski definition) is 0. The molecule has 1 atom stereocenters. The standard InChI is InChI=1S/C13H22/c1-5-8-9-10-13(7-3)11-12(4)6-2/h7-8,10,12H,5-6,11H2,1-4H3/b13-7-. The van der Waals surface area contributed by atoms with Crippen molar-refractivity contribution in [3.8, 4) is 0 Å². The lowest BCUT2D eigenvalue weighted by Gasteiger charge is -2.07. The quantitative estimate of drug-likeness (QED) is 0.430. The van der Waals surface area contributed by atoms with E-state index in [1.54, 1.807) is 0 Å². The third-order valence-electron chi connectivity index (χ3n) is 2.24. The fraction of sp³-hybridized carbons (Fsp3) is 0.615. The highest BCUT2D eigenvalue weighted by Crippen LogP contribution is 2.14. The van der Waals surface area contributed by atoms with E-state index in [1.165, 1.54) is 18.4 Å². The maximum atomic E-state index is 3.20. The second kappa shape index (κ2) is 7.89. The van der Waals surface area contributed by atoms with Gasteiger partial charge in [0.25, 0.3) is 0 Å². The number of rotatable bonds is 5. The average molecular weight is 178 g/mol. The molecule has 1 unspecified atom stereocenters. The number of allylic oxidation sites excluding steroid dienone is 3. The molecule has 0 bridgehead atoms. The van der Waals surface area contributed by atoms with E-state index in [1.807, 2.05) is 0 Å². The van der Waals surface area contributed by atoms with Crippen LogP contribution in [0, 0.1) is 5.92 Å². The molecule has 0 heteroatoms. The molecule has 0 fully saturated rings. The normalized spacial score (nSPS) is 13.4. The summed E-state index contributed by atoms with van der Waals surface area (Å²) in [6, 6.07) is 0. The van der Waals surface area contributed by atoms with Crippen LogP contribution in [0.5, 0.6) is 0 Å². The molecule has 0 aromatic heterocycles. The lowest BCUT2D eigenvalue weighted by molar-refractivity contribution is 0.562. The van der Waals surface area contributed by atoms with E-state index in [2.05, 4.69) is 51.7 Å². The average Bonchev–Trinajstić information content (AvgIpc) is 2.16. The van der Waals surface area contributed by atoms with Crippen LogP contribution in [0.1, 0.15) is 47.0 Å².